The van der Waals surface area contributed by atoms with Gasteiger partial charge in [-0.05, 0) is 125 Å². The number of amides is 1. The number of ether oxygens (including phenoxy) is 1. The van der Waals surface area contributed by atoms with Crippen LogP contribution < -0.4 is 11.4 Å². The van der Waals surface area contributed by atoms with Crippen molar-refractivity contribution in [2.24, 2.45) is 10.3 Å². The number of nitrogens with one attached hydrogen (secondary N) is 1. The molecule has 4 aliphatic rings. The molecule has 2 fully saturated rings. The molecule has 7 heterocycles. The molecule has 0 spiro atoms. The lowest BCUT2D eigenvalue weighted by atomic mass is 9.83. The van der Waals surface area contributed by atoms with Crippen LogP contribution >= 0.6 is 11.6 Å². The molecule has 66 heavy (non-hydrogen) atoms. The lowest BCUT2D eigenvalue weighted by molar-refractivity contribution is -0.0592. The van der Waals surface area contributed by atoms with Crippen molar-refractivity contribution >= 4 is 38.1 Å². The number of hydrogen-bond acceptors (Lipinski definition) is 9. The first kappa shape index (κ1) is 42.6. The third-order valence-corrected chi connectivity index (χ3v) is 16.7. The van der Waals surface area contributed by atoms with Gasteiger partial charge in [-0.25, -0.2) is 27.2 Å². The van der Waals surface area contributed by atoms with E-state index in [1.54, 1.807) is 61.4 Å². The van der Waals surface area contributed by atoms with E-state index >= 15 is 9.18 Å². The maximum Gasteiger partial charge on any atom is 0.438 e. The van der Waals surface area contributed by atoms with Gasteiger partial charge in [0, 0.05) is 60.3 Å². The Hall–Kier alpha value is -6.04. The zero-order chi connectivity index (χ0) is 46.4. The van der Waals surface area contributed by atoms with Crippen molar-refractivity contribution in [1.82, 2.24) is 38.5 Å². The summed E-state index contributed by atoms with van der Waals surface area (Å²) in [5.41, 5.74) is 4.57. The van der Waals surface area contributed by atoms with Gasteiger partial charge >= 0.3 is 11.4 Å². The maximum atomic E-state index is 15.6. The highest BCUT2D eigenvalue weighted by Crippen LogP contribution is 2.56. The van der Waals surface area contributed by atoms with Crippen molar-refractivity contribution in [2.75, 3.05) is 19.4 Å². The van der Waals surface area contributed by atoms with Gasteiger partial charge < -0.3 is 14.2 Å². The molecule has 7 aromatic rings. The van der Waals surface area contributed by atoms with E-state index < -0.39 is 32.8 Å². The number of aryl methyl sites for hydroxylation is 2. The van der Waals surface area contributed by atoms with Crippen LogP contribution in [0.3, 0.4) is 0 Å². The number of nitrogens with zero attached hydrogens (tertiary/aromatic N) is 8. The molecule has 18 heteroatoms. The second-order valence-electron chi connectivity index (χ2n) is 19.2. The molecule has 1 aliphatic carbocycles. The minimum Gasteiger partial charge on any atom is -0.376 e. The number of halogens is 2. The first-order valence-corrected chi connectivity index (χ1v) is 24.5. The minimum absolute atomic E-state index is 0.00441. The van der Waals surface area contributed by atoms with Gasteiger partial charge in [-0.2, -0.15) is 5.10 Å². The van der Waals surface area contributed by atoms with E-state index in [0.717, 1.165) is 23.7 Å². The second kappa shape index (κ2) is 14.7. The zero-order valence-electron chi connectivity index (χ0n) is 37.6. The standard InChI is InChI=1S/C48H49ClFN9O6S/c1-25-18-32(19-26(2)41(25)50)59-42(57-16-15-56(46(57)62)36-10-11-38-33(40(36)49)24-51-66(38,7)63)39-28(4)55(14-12-34(39)53-59)43(60)37-21-31-20-29(30-13-17-64-47(5,6)23-30)8-9-35(31)58(37)48(22-27(48)3)44-52-45(61)65-54-44/h8-11,15-16,18-21,27-28,30H,12-14,17,22-24H2,1-7H3,(H,52,54,61)/t27-,28-,30-,48-,66+/m0/s1. The van der Waals surface area contributed by atoms with Gasteiger partial charge in [0.15, 0.2) is 5.82 Å². The smallest absolute Gasteiger partial charge is 0.376 e. The van der Waals surface area contributed by atoms with Gasteiger partial charge in [-0.15, -0.1) is 0 Å². The number of benzene rings is 3. The van der Waals surface area contributed by atoms with E-state index in [1.165, 1.54) is 14.7 Å². The number of H-pyrrole nitrogens is 1. The Morgan fingerprint density at radius 1 is 1.02 bits per heavy atom. The fraction of sp³-hybridized carbons (Fsp3) is 0.396. The van der Waals surface area contributed by atoms with E-state index in [-0.39, 0.29) is 40.7 Å². The third kappa shape index (κ3) is 6.36. The van der Waals surface area contributed by atoms with Gasteiger partial charge in [-0.3, -0.25) is 23.4 Å². The van der Waals surface area contributed by atoms with Gasteiger partial charge in [0.05, 0.1) is 54.9 Å². The summed E-state index contributed by atoms with van der Waals surface area (Å²) in [5, 5.41) is 10.5. The number of aromatic amines is 1. The highest BCUT2D eigenvalue weighted by Gasteiger charge is 2.59. The summed E-state index contributed by atoms with van der Waals surface area (Å²) in [6, 6.07) is 14.5. The first-order chi connectivity index (χ1) is 31.4. The summed E-state index contributed by atoms with van der Waals surface area (Å²) >= 11 is 6.95. The van der Waals surface area contributed by atoms with E-state index in [1.807, 2.05) is 22.5 Å². The molecular formula is C48H49ClFN9O6S. The molecule has 15 nitrogen and oxygen atoms in total. The summed E-state index contributed by atoms with van der Waals surface area (Å²) in [6.07, 6.45) is 7.54. The summed E-state index contributed by atoms with van der Waals surface area (Å²) in [5.74, 6) is -0.231. The van der Waals surface area contributed by atoms with Crippen molar-refractivity contribution < 1.29 is 22.7 Å². The molecule has 1 amide bonds. The minimum atomic E-state index is -2.60. The molecule has 3 aliphatic heterocycles. The highest BCUT2D eigenvalue weighted by molar-refractivity contribution is 7.93. The highest BCUT2D eigenvalue weighted by atomic mass is 35.5. The molecule has 0 bridgehead atoms. The summed E-state index contributed by atoms with van der Waals surface area (Å²) in [4.78, 5) is 48.0. The molecule has 11 rings (SSSR count). The van der Waals surface area contributed by atoms with Crippen LogP contribution in [-0.2, 0) is 33.0 Å². The third-order valence-electron chi connectivity index (χ3n) is 14.4. The number of carbonyl (C=O) groups excluding carboxylic acids is 1. The molecule has 1 saturated carbocycles. The van der Waals surface area contributed by atoms with Crippen LogP contribution in [0, 0.1) is 25.6 Å². The van der Waals surface area contributed by atoms with Gasteiger partial charge in [-0.1, -0.05) is 29.7 Å². The quantitative estimate of drug-likeness (QED) is 0.168. The lowest BCUT2D eigenvalue weighted by Gasteiger charge is -2.35. The number of aromatic nitrogens is 7. The van der Waals surface area contributed by atoms with Crippen molar-refractivity contribution in [3.8, 4) is 17.2 Å². The molecular weight excluding hydrogens is 885 g/mol. The molecule has 342 valence electrons. The van der Waals surface area contributed by atoms with E-state index in [4.69, 9.17) is 26.0 Å². The fourth-order valence-corrected chi connectivity index (χ4v) is 12.8. The summed E-state index contributed by atoms with van der Waals surface area (Å²) in [6.45, 7) is 12.7. The van der Waals surface area contributed by atoms with Gasteiger partial charge in [0.25, 0.3) is 5.91 Å². The molecule has 1 N–H and O–H groups in total. The molecule has 3 aromatic carbocycles. The van der Waals surface area contributed by atoms with Crippen LogP contribution in [0.4, 0.5) is 4.39 Å². The number of carbonyl (C=O) groups is 1. The van der Waals surface area contributed by atoms with Crippen molar-refractivity contribution in [3.05, 3.63) is 138 Å². The van der Waals surface area contributed by atoms with Gasteiger partial charge in [0.2, 0.25) is 0 Å². The Bertz CT molecular complexity index is 3450. The Labute approximate surface area is 384 Å². The zero-order valence-corrected chi connectivity index (χ0v) is 39.2. The second-order valence-corrected chi connectivity index (χ2v) is 21.8. The molecule has 5 atom stereocenters. The fourth-order valence-electron chi connectivity index (χ4n) is 11.0. The Balaban J connectivity index is 1.05. The average Bonchev–Trinajstić information content (AvgIpc) is 3.87. The number of hydrogen-bond donors (Lipinski definition) is 1. The number of rotatable bonds is 7. The SMILES string of the molecule is Cc1cc(-n2nc3c(c2-n2ccn(-c4ccc5c(c4Cl)CN=[S@]5(C)=O)c2=O)[C@H](C)N(C(=O)c2cc4cc([C@H]5CCOC(C)(C)C5)ccc4n2[C@@]2(c4noc(=O)[nH]4)C[C@@H]2C)CC3)cc(C)c1F. The number of imidazole rings is 1. The van der Waals surface area contributed by atoms with Crippen molar-refractivity contribution in [2.45, 2.75) is 102 Å². The van der Waals surface area contributed by atoms with E-state index in [9.17, 15) is 13.8 Å². The molecule has 1 saturated heterocycles. The van der Waals surface area contributed by atoms with E-state index in [0.29, 0.717) is 87.5 Å². The van der Waals surface area contributed by atoms with Crippen LogP contribution in [0.5, 0.6) is 0 Å². The van der Waals surface area contributed by atoms with Crippen LogP contribution in [0.2, 0.25) is 5.02 Å². The molecule has 0 radical (unpaired) electrons. The number of fused-ring (bicyclic) bond motifs is 3. The van der Waals surface area contributed by atoms with Crippen molar-refractivity contribution in [3.63, 3.8) is 0 Å². The van der Waals surface area contributed by atoms with E-state index in [2.05, 4.69) is 53.5 Å². The normalized spacial score (nSPS) is 24.4. The Morgan fingerprint density at radius 3 is 2.45 bits per heavy atom. The van der Waals surface area contributed by atoms with Crippen LogP contribution in [0.1, 0.15) is 109 Å². The maximum absolute atomic E-state index is 15.6. The van der Waals surface area contributed by atoms with Crippen LogP contribution in [0.15, 0.2) is 84.3 Å². The predicted octanol–water partition coefficient (Wildman–Crippen LogP) is 8.04. The van der Waals surface area contributed by atoms with Crippen LogP contribution in [-0.4, -0.2) is 73.6 Å². The molecule has 4 aromatic heterocycles. The lowest BCUT2D eigenvalue weighted by Crippen LogP contribution is -2.41. The topological polar surface area (TPSA) is 168 Å². The first-order valence-electron chi connectivity index (χ1n) is 22.2. The summed E-state index contributed by atoms with van der Waals surface area (Å²) < 4.78 is 50.3. The Kier molecular flexibility index (Phi) is 9.50. The average molecular weight is 934 g/mol. The Morgan fingerprint density at radius 2 is 1.76 bits per heavy atom. The van der Waals surface area contributed by atoms with Crippen molar-refractivity contribution in [1.29, 1.82) is 0 Å². The largest absolute Gasteiger partial charge is 0.438 e. The summed E-state index contributed by atoms with van der Waals surface area (Å²) in [7, 11) is -2.60. The predicted molar refractivity (Wildman–Crippen MR) is 246 cm³/mol. The monoisotopic (exact) mass is 933 g/mol. The molecule has 0 unspecified atom stereocenters. The van der Waals surface area contributed by atoms with Crippen LogP contribution in [0.25, 0.3) is 28.1 Å². The van der Waals surface area contributed by atoms with Gasteiger partial charge in [0.1, 0.15) is 22.9 Å².